The van der Waals surface area contributed by atoms with Gasteiger partial charge in [-0.25, -0.2) is 0 Å². The summed E-state index contributed by atoms with van der Waals surface area (Å²) in [7, 11) is 0. The third kappa shape index (κ3) is 3.29. The normalized spacial score (nSPS) is 11.0. The molecule has 0 radical (unpaired) electrons. The van der Waals surface area contributed by atoms with E-state index in [4.69, 9.17) is 15.0 Å². The maximum absolute atomic E-state index is 5.64. The number of nitrogens with two attached hydrogens (primary N) is 1. The number of rotatable bonds is 5. The highest BCUT2D eigenvalue weighted by Gasteiger charge is 2.11. The van der Waals surface area contributed by atoms with Gasteiger partial charge >= 0.3 is 0 Å². The van der Waals surface area contributed by atoms with Crippen molar-refractivity contribution in [3.05, 3.63) is 35.2 Å². The van der Waals surface area contributed by atoms with Crippen LogP contribution < -0.4 is 10.5 Å². The standard InChI is InChI=1S/C13H18N4O2/c1-8(2)13-16-12(19-17-13)7-18-11-5-4-9(3)15-10(11)6-14/h4-5,8H,6-7,14H2,1-3H3. The van der Waals surface area contributed by atoms with Gasteiger partial charge in [-0.15, -0.1) is 0 Å². The average Bonchev–Trinajstić information content (AvgIpc) is 2.86. The highest BCUT2D eigenvalue weighted by Crippen LogP contribution is 2.18. The summed E-state index contributed by atoms with van der Waals surface area (Å²) in [6, 6.07) is 3.73. The molecule has 0 atom stereocenters. The molecule has 0 amide bonds. The summed E-state index contributed by atoms with van der Waals surface area (Å²) in [5, 5.41) is 3.88. The lowest BCUT2D eigenvalue weighted by atomic mass is 10.2. The first-order valence-corrected chi connectivity index (χ1v) is 6.22. The van der Waals surface area contributed by atoms with E-state index in [0.717, 1.165) is 11.4 Å². The molecule has 0 saturated carbocycles. The van der Waals surface area contributed by atoms with Crippen LogP contribution in [0.1, 0.15) is 42.9 Å². The molecule has 6 heteroatoms. The van der Waals surface area contributed by atoms with E-state index in [1.54, 1.807) is 0 Å². The van der Waals surface area contributed by atoms with Crippen molar-refractivity contribution in [2.75, 3.05) is 0 Å². The molecule has 0 fully saturated rings. The number of pyridine rings is 1. The van der Waals surface area contributed by atoms with Crippen LogP contribution in [0.25, 0.3) is 0 Å². The van der Waals surface area contributed by atoms with E-state index in [2.05, 4.69) is 15.1 Å². The van der Waals surface area contributed by atoms with E-state index < -0.39 is 0 Å². The predicted molar refractivity (Wildman–Crippen MR) is 69.6 cm³/mol. The number of ether oxygens (including phenoxy) is 1. The molecule has 0 aliphatic heterocycles. The maximum Gasteiger partial charge on any atom is 0.264 e. The van der Waals surface area contributed by atoms with Crippen LogP contribution in [0.4, 0.5) is 0 Å². The molecule has 0 aliphatic carbocycles. The van der Waals surface area contributed by atoms with E-state index in [1.165, 1.54) is 0 Å². The monoisotopic (exact) mass is 262 g/mol. The Morgan fingerprint density at radius 3 is 2.74 bits per heavy atom. The Hall–Kier alpha value is -1.95. The molecule has 0 aromatic carbocycles. The van der Waals surface area contributed by atoms with Crippen LogP contribution in [-0.4, -0.2) is 15.1 Å². The Morgan fingerprint density at radius 1 is 1.32 bits per heavy atom. The summed E-state index contributed by atoms with van der Waals surface area (Å²) in [6.07, 6.45) is 0. The molecule has 19 heavy (non-hydrogen) atoms. The first kappa shape index (κ1) is 13.5. The van der Waals surface area contributed by atoms with Crippen LogP contribution in [0.5, 0.6) is 5.75 Å². The summed E-state index contributed by atoms with van der Waals surface area (Å²) in [6.45, 7) is 6.48. The molecular weight excluding hydrogens is 244 g/mol. The highest BCUT2D eigenvalue weighted by molar-refractivity contribution is 5.29. The quantitative estimate of drug-likeness (QED) is 0.886. The van der Waals surface area contributed by atoms with Gasteiger partial charge in [0, 0.05) is 18.2 Å². The number of nitrogens with zero attached hydrogens (tertiary/aromatic N) is 3. The second-order valence-corrected chi connectivity index (χ2v) is 4.59. The lowest BCUT2D eigenvalue weighted by molar-refractivity contribution is 0.239. The Labute approximate surface area is 112 Å². The van der Waals surface area contributed by atoms with Gasteiger partial charge in [0.1, 0.15) is 5.75 Å². The van der Waals surface area contributed by atoms with Crippen LogP contribution >= 0.6 is 0 Å². The smallest absolute Gasteiger partial charge is 0.264 e. The van der Waals surface area contributed by atoms with Gasteiger partial charge in [0.05, 0.1) is 5.69 Å². The van der Waals surface area contributed by atoms with E-state index in [1.807, 2.05) is 32.9 Å². The summed E-state index contributed by atoms with van der Waals surface area (Å²) in [4.78, 5) is 8.56. The molecule has 102 valence electrons. The first-order valence-electron chi connectivity index (χ1n) is 6.22. The fourth-order valence-corrected chi connectivity index (χ4v) is 1.58. The van der Waals surface area contributed by atoms with Gasteiger partial charge in [-0.2, -0.15) is 4.98 Å². The van der Waals surface area contributed by atoms with Crippen molar-refractivity contribution in [2.24, 2.45) is 5.73 Å². The van der Waals surface area contributed by atoms with Gasteiger partial charge in [0.15, 0.2) is 12.4 Å². The van der Waals surface area contributed by atoms with Crippen LogP contribution in [0.3, 0.4) is 0 Å². The molecule has 0 saturated heterocycles. The molecule has 2 aromatic heterocycles. The molecule has 6 nitrogen and oxygen atoms in total. The van der Waals surface area contributed by atoms with Gasteiger partial charge in [-0.1, -0.05) is 19.0 Å². The minimum atomic E-state index is 0.220. The number of aryl methyl sites for hydroxylation is 1. The van der Waals surface area contributed by atoms with Gasteiger partial charge < -0.3 is 15.0 Å². The van der Waals surface area contributed by atoms with E-state index in [-0.39, 0.29) is 12.5 Å². The van der Waals surface area contributed by atoms with Gasteiger partial charge in [0.25, 0.3) is 5.89 Å². The molecule has 2 heterocycles. The van der Waals surface area contributed by atoms with Crippen molar-refractivity contribution in [1.82, 2.24) is 15.1 Å². The van der Waals surface area contributed by atoms with Gasteiger partial charge in [-0.05, 0) is 19.1 Å². The van der Waals surface area contributed by atoms with E-state index >= 15 is 0 Å². The van der Waals surface area contributed by atoms with Crippen LogP contribution in [0.2, 0.25) is 0 Å². The van der Waals surface area contributed by atoms with Crippen LogP contribution in [-0.2, 0) is 13.2 Å². The van der Waals surface area contributed by atoms with Crippen molar-refractivity contribution < 1.29 is 9.26 Å². The zero-order valence-corrected chi connectivity index (χ0v) is 11.4. The van der Waals surface area contributed by atoms with Crippen LogP contribution in [0, 0.1) is 6.92 Å². The van der Waals surface area contributed by atoms with E-state index in [9.17, 15) is 0 Å². The second kappa shape index (κ2) is 5.79. The average molecular weight is 262 g/mol. The molecule has 0 spiro atoms. The minimum Gasteiger partial charge on any atom is -0.482 e. The van der Waals surface area contributed by atoms with Gasteiger partial charge in [-0.3, -0.25) is 4.98 Å². The first-order chi connectivity index (χ1) is 9.10. The molecule has 0 unspecified atom stereocenters. The highest BCUT2D eigenvalue weighted by atomic mass is 16.5. The third-order valence-corrected chi connectivity index (χ3v) is 2.62. The molecule has 2 rings (SSSR count). The Morgan fingerprint density at radius 2 is 2.11 bits per heavy atom. The lowest BCUT2D eigenvalue weighted by Gasteiger charge is -2.08. The number of hydrogen-bond acceptors (Lipinski definition) is 6. The topological polar surface area (TPSA) is 87.1 Å². The van der Waals surface area contributed by atoms with Crippen molar-refractivity contribution in [3.63, 3.8) is 0 Å². The third-order valence-electron chi connectivity index (χ3n) is 2.62. The van der Waals surface area contributed by atoms with Crippen molar-refractivity contribution >= 4 is 0 Å². The summed E-state index contributed by atoms with van der Waals surface area (Å²) in [5.41, 5.74) is 7.27. The largest absolute Gasteiger partial charge is 0.482 e. The van der Waals surface area contributed by atoms with Crippen molar-refractivity contribution in [3.8, 4) is 5.75 Å². The SMILES string of the molecule is Cc1ccc(OCc2nc(C(C)C)no2)c(CN)n1. The lowest BCUT2D eigenvalue weighted by Crippen LogP contribution is -2.06. The van der Waals surface area contributed by atoms with Crippen molar-refractivity contribution in [2.45, 2.75) is 39.8 Å². The summed E-state index contributed by atoms with van der Waals surface area (Å²) < 4.78 is 10.7. The van der Waals surface area contributed by atoms with Gasteiger partial charge in [0.2, 0.25) is 0 Å². The fraction of sp³-hybridized carbons (Fsp3) is 0.462. The molecule has 0 bridgehead atoms. The van der Waals surface area contributed by atoms with Crippen LogP contribution in [0.15, 0.2) is 16.7 Å². The number of hydrogen-bond donors (Lipinski definition) is 1. The fourth-order valence-electron chi connectivity index (χ4n) is 1.58. The van der Waals surface area contributed by atoms with Crippen molar-refractivity contribution in [1.29, 1.82) is 0 Å². The summed E-state index contributed by atoms with van der Waals surface area (Å²) >= 11 is 0. The molecule has 2 N–H and O–H groups in total. The predicted octanol–water partition coefficient (Wildman–Crippen LogP) is 1.93. The zero-order chi connectivity index (χ0) is 13.8. The molecule has 0 aliphatic rings. The second-order valence-electron chi connectivity index (χ2n) is 4.59. The molecular formula is C13H18N4O2. The van der Waals surface area contributed by atoms with E-state index in [0.29, 0.717) is 24.0 Å². The Kier molecular flexibility index (Phi) is 4.11. The maximum atomic E-state index is 5.64. The molecule has 2 aromatic rings. The Balaban J connectivity index is 2.05. The summed E-state index contributed by atoms with van der Waals surface area (Å²) in [5.74, 6) is 2.02. The minimum absolute atomic E-state index is 0.220. The zero-order valence-electron chi connectivity index (χ0n) is 11.4. The Bertz CT molecular complexity index is 551. The number of aromatic nitrogens is 3.